The molecule has 0 N–H and O–H groups in total. The van der Waals surface area contributed by atoms with Gasteiger partial charge in [0.15, 0.2) is 0 Å². The van der Waals surface area contributed by atoms with Gasteiger partial charge >= 0.3 is 0 Å². The number of rotatable bonds is 0. The van der Waals surface area contributed by atoms with Crippen molar-refractivity contribution in [3.63, 3.8) is 0 Å². The maximum Gasteiger partial charge on any atom is 0.0422 e. The molecule has 0 spiro atoms. The maximum absolute atomic E-state index is 3.86. The number of hydrogen-bond donors (Lipinski definition) is 0. The topological polar surface area (TPSA) is 12.4 Å². The van der Waals surface area contributed by atoms with Crippen molar-refractivity contribution in [1.29, 1.82) is 0 Å². The molecule has 0 aromatic carbocycles. The summed E-state index contributed by atoms with van der Waals surface area (Å²) >= 11 is 1.43. The van der Waals surface area contributed by atoms with E-state index in [1.807, 2.05) is 11.5 Å². The molecule has 0 fully saturated rings. The molecule has 0 bridgehead atoms. The van der Waals surface area contributed by atoms with Gasteiger partial charge < -0.3 is 0 Å². The number of allylic oxidation sites excluding steroid dienone is 2. The highest BCUT2D eigenvalue weighted by molar-refractivity contribution is 8.01. The van der Waals surface area contributed by atoms with E-state index >= 15 is 0 Å². The van der Waals surface area contributed by atoms with Gasteiger partial charge in [-0.1, -0.05) is 6.58 Å². The minimum absolute atomic E-state index is 0.971. The first-order chi connectivity index (χ1) is 3.39. The van der Waals surface area contributed by atoms with Crippen LogP contribution in [0.15, 0.2) is 28.0 Å². The van der Waals surface area contributed by atoms with Crippen LogP contribution in [0.5, 0.6) is 0 Å². The van der Waals surface area contributed by atoms with Crippen LogP contribution in [0.2, 0.25) is 0 Å². The molecule has 1 aliphatic heterocycles. The summed E-state index contributed by atoms with van der Waals surface area (Å²) in [6.07, 6.45) is 3.67. The molecule has 1 rings (SSSR count). The Morgan fingerprint density at radius 2 is 2.57 bits per heavy atom. The van der Waals surface area contributed by atoms with Gasteiger partial charge in [0, 0.05) is 18.2 Å². The fraction of sp³-hybridized carbons (Fsp3) is 0. The molecule has 0 aromatic heterocycles. The quantitative estimate of drug-likeness (QED) is 0.434. The van der Waals surface area contributed by atoms with Crippen LogP contribution in [0.1, 0.15) is 0 Å². The van der Waals surface area contributed by atoms with Crippen LogP contribution in [0, 0.1) is 0 Å². The Morgan fingerprint density at radius 3 is 2.86 bits per heavy atom. The monoisotopic (exact) mass is 111 g/mol. The van der Waals surface area contributed by atoms with E-state index < -0.39 is 0 Å². The van der Waals surface area contributed by atoms with Crippen LogP contribution in [-0.4, -0.2) is 6.21 Å². The first kappa shape index (κ1) is 4.65. The number of nitrogens with zero attached hydrogens (tertiary/aromatic N) is 1. The second-order valence-electron chi connectivity index (χ2n) is 1.22. The SMILES string of the molecule is C=C1C=CSN=C1. The zero-order valence-electron chi connectivity index (χ0n) is 3.79. The zero-order chi connectivity index (χ0) is 5.11. The normalized spacial score (nSPS) is 18.0. The summed E-state index contributed by atoms with van der Waals surface area (Å²) in [4.78, 5) is 0. The Balaban J connectivity index is 2.66. The molecule has 0 aliphatic carbocycles. The lowest BCUT2D eigenvalue weighted by molar-refractivity contribution is 1.83. The molecule has 0 saturated heterocycles. The van der Waals surface area contributed by atoms with Gasteiger partial charge in [-0.25, -0.2) is 4.40 Å². The van der Waals surface area contributed by atoms with Crippen molar-refractivity contribution in [2.75, 3.05) is 0 Å². The molecule has 2 heteroatoms. The maximum atomic E-state index is 3.86. The van der Waals surface area contributed by atoms with Gasteiger partial charge in [-0.3, -0.25) is 0 Å². The van der Waals surface area contributed by atoms with Crippen molar-refractivity contribution in [2.24, 2.45) is 4.40 Å². The lowest BCUT2D eigenvalue weighted by atomic mass is 10.3. The minimum Gasteiger partial charge on any atom is -0.219 e. The van der Waals surface area contributed by atoms with Crippen molar-refractivity contribution >= 4 is 18.2 Å². The van der Waals surface area contributed by atoms with E-state index in [0.29, 0.717) is 0 Å². The van der Waals surface area contributed by atoms with Crippen molar-refractivity contribution < 1.29 is 0 Å². The minimum atomic E-state index is 0.971. The molecule has 7 heavy (non-hydrogen) atoms. The van der Waals surface area contributed by atoms with Crippen LogP contribution >= 0.6 is 11.9 Å². The van der Waals surface area contributed by atoms with Crippen LogP contribution < -0.4 is 0 Å². The summed E-state index contributed by atoms with van der Waals surface area (Å²) in [5.74, 6) is 0. The predicted octanol–water partition coefficient (Wildman–Crippen LogP) is 1.79. The highest BCUT2D eigenvalue weighted by atomic mass is 32.2. The Labute approximate surface area is 47.0 Å². The average Bonchev–Trinajstić information content (AvgIpc) is 1.69. The second kappa shape index (κ2) is 1.98. The Hall–Kier alpha value is -0.500. The fourth-order valence-corrected chi connectivity index (χ4v) is 0.796. The second-order valence-corrected chi connectivity index (χ2v) is 1.91. The first-order valence-electron chi connectivity index (χ1n) is 1.94. The third kappa shape index (κ3) is 1.20. The van der Waals surface area contributed by atoms with Gasteiger partial charge in [-0.15, -0.1) is 0 Å². The van der Waals surface area contributed by atoms with Gasteiger partial charge in [0.2, 0.25) is 0 Å². The van der Waals surface area contributed by atoms with E-state index in [9.17, 15) is 0 Å². The van der Waals surface area contributed by atoms with E-state index in [4.69, 9.17) is 0 Å². The summed E-state index contributed by atoms with van der Waals surface area (Å²) in [5.41, 5.74) is 0.971. The third-order valence-corrected chi connectivity index (χ3v) is 1.11. The van der Waals surface area contributed by atoms with Gasteiger partial charge in [0.05, 0.1) is 0 Å². The summed E-state index contributed by atoms with van der Waals surface area (Å²) in [6.45, 7) is 3.66. The lowest BCUT2D eigenvalue weighted by Gasteiger charge is -1.91. The van der Waals surface area contributed by atoms with E-state index in [1.165, 1.54) is 11.9 Å². The van der Waals surface area contributed by atoms with E-state index in [0.717, 1.165) is 5.57 Å². The molecule has 1 nitrogen and oxygen atoms in total. The molecule has 1 aliphatic rings. The largest absolute Gasteiger partial charge is 0.219 e. The molecule has 0 amide bonds. The molecule has 0 atom stereocenters. The molecule has 36 valence electrons. The summed E-state index contributed by atoms with van der Waals surface area (Å²) in [7, 11) is 0. The Morgan fingerprint density at radius 1 is 1.71 bits per heavy atom. The zero-order valence-corrected chi connectivity index (χ0v) is 4.61. The highest BCUT2D eigenvalue weighted by Gasteiger charge is 1.84. The summed E-state index contributed by atoms with van der Waals surface area (Å²) in [5, 5.41) is 1.91. The van der Waals surface area contributed by atoms with Gasteiger partial charge in [-0.2, -0.15) is 0 Å². The molecular weight excluding hydrogens is 106 g/mol. The van der Waals surface area contributed by atoms with Gasteiger partial charge in [0.1, 0.15) is 0 Å². The third-order valence-electron chi connectivity index (χ3n) is 0.622. The smallest absolute Gasteiger partial charge is 0.0422 e. The Kier molecular flexibility index (Phi) is 1.32. The predicted molar refractivity (Wildman–Crippen MR) is 34.4 cm³/mol. The van der Waals surface area contributed by atoms with E-state index in [2.05, 4.69) is 11.0 Å². The fourth-order valence-electron chi connectivity index (χ4n) is 0.294. The number of hydrogen-bond acceptors (Lipinski definition) is 2. The average molecular weight is 111 g/mol. The van der Waals surface area contributed by atoms with Crippen LogP contribution in [0.3, 0.4) is 0 Å². The van der Waals surface area contributed by atoms with Crippen molar-refractivity contribution in [3.8, 4) is 0 Å². The van der Waals surface area contributed by atoms with Crippen molar-refractivity contribution in [2.45, 2.75) is 0 Å². The lowest BCUT2D eigenvalue weighted by Crippen LogP contribution is -1.76. The van der Waals surface area contributed by atoms with Crippen LogP contribution in [-0.2, 0) is 0 Å². The summed E-state index contributed by atoms with van der Waals surface area (Å²) < 4.78 is 3.86. The molecule has 0 radical (unpaired) electrons. The van der Waals surface area contributed by atoms with Gasteiger partial charge in [-0.05, 0) is 17.1 Å². The Bertz CT molecular complexity index is 121. The van der Waals surface area contributed by atoms with E-state index in [-0.39, 0.29) is 0 Å². The molecule has 0 unspecified atom stereocenters. The summed E-state index contributed by atoms with van der Waals surface area (Å²) in [6, 6.07) is 0. The molecule has 0 saturated carbocycles. The highest BCUT2D eigenvalue weighted by Crippen LogP contribution is 2.09. The standard InChI is InChI=1S/C5H5NS/c1-5-2-3-7-6-4-5/h2-4H,1H2. The molecular formula is C5H5NS. The van der Waals surface area contributed by atoms with Crippen molar-refractivity contribution in [1.82, 2.24) is 0 Å². The van der Waals surface area contributed by atoms with Gasteiger partial charge in [0.25, 0.3) is 0 Å². The molecule has 0 aromatic rings. The molecule has 1 heterocycles. The van der Waals surface area contributed by atoms with Crippen LogP contribution in [0.4, 0.5) is 0 Å². The van der Waals surface area contributed by atoms with Crippen LogP contribution in [0.25, 0.3) is 0 Å². The van der Waals surface area contributed by atoms with E-state index in [1.54, 1.807) is 6.21 Å². The van der Waals surface area contributed by atoms with Crippen molar-refractivity contribution in [3.05, 3.63) is 23.6 Å². The first-order valence-corrected chi connectivity index (χ1v) is 2.78.